The highest BCUT2D eigenvalue weighted by atomic mass is 19.3. The third kappa shape index (κ3) is 5.96. The highest BCUT2D eigenvalue weighted by Crippen LogP contribution is 2.32. The average Bonchev–Trinajstić information content (AvgIpc) is 3.35. The molecule has 0 unspecified atom stereocenters. The molecule has 1 aliphatic heterocycles. The van der Waals surface area contributed by atoms with Gasteiger partial charge in [-0.1, -0.05) is 6.07 Å². The Kier molecular flexibility index (Phi) is 7.93. The van der Waals surface area contributed by atoms with Crippen molar-refractivity contribution < 1.29 is 18.3 Å². The Hall–Kier alpha value is -4.17. The lowest BCUT2D eigenvalue weighted by Gasteiger charge is -2.27. The number of imidazole rings is 1. The fourth-order valence-electron chi connectivity index (χ4n) is 4.14. The molecule has 0 radical (unpaired) electrons. The summed E-state index contributed by atoms with van der Waals surface area (Å²) in [7, 11) is 5.47. The molecule has 0 spiro atoms. The van der Waals surface area contributed by atoms with E-state index < -0.39 is 12.2 Å². The van der Waals surface area contributed by atoms with E-state index in [1.54, 1.807) is 24.4 Å². The van der Waals surface area contributed by atoms with Gasteiger partial charge in [-0.3, -0.25) is 4.57 Å². The van der Waals surface area contributed by atoms with Gasteiger partial charge in [0.05, 0.1) is 37.7 Å². The molecule has 1 fully saturated rings. The van der Waals surface area contributed by atoms with Crippen LogP contribution in [0, 0.1) is 0 Å². The van der Waals surface area contributed by atoms with Crippen LogP contribution in [0.25, 0.3) is 17.0 Å². The van der Waals surface area contributed by atoms with E-state index in [-0.39, 0.29) is 11.9 Å². The second kappa shape index (κ2) is 11.7. The molecule has 39 heavy (non-hydrogen) atoms. The van der Waals surface area contributed by atoms with Crippen LogP contribution in [0.1, 0.15) is 12.2 Å². The maximum absolute atomic E-state index is 14.2. The SMILES string of the molecule is COc1cccc2c1nc(C(F)F)n2-c1nc(Nc2ccc(NCCN(C)C)nc2)nc(N2CCOCC2)n1. The van der Waals surface area contributed by atoms with Gasteiger partial charge in [-0.2, -0.15) is 15.0 Å². The number of nitrogens with zero attached hydrogens (tertiary/aromatic N) is 8. The van der Waals surface area contributed by atoms with Crippen molar-refractivity contribution in [1.82, 2.24) is 34.4 Å². The van der Waals surface area contributed by atoms with E-state index in [9.17, 15) is 8.78 Å². The zero-order chi connectivity index (χ0) is 27.4. The quantitative estimate of drug-likeness (QED) is 0.309. The number of benzene rings is 1. The molecular formula is C25H30F2N10O2. The highest BCUT2D eigenvalue weighted by molar-refractivity contribution is 5.84. The van der Waals surface area contributed by atoms with Gasteiger partial charge < -0.3 is 29.9 Å². The van der Waals surface area contributed by atoms with Crippen LogP contribution in [-0.2, 0) is 4.74 Å². The second-order valence-corrected chi connectivity index (χ2v) is 9.08. The number of pyridine rings is 1. The van der Waals surface area contributed by atoms with Crippen LogP contribution in [0.3, 0.4) is 0 Å². The summed E-state index contributed by atoms with van der Waals surface area (Å²) >= 11 is 0. The Morgan fingerprint density at radius 3 is 2.54 bits per heavy atom. The van der Waals surface area contributed by atoms with E-state index in [1.807, 2.05) is 31.1 Å². The Bertz CT molecular complexity index is 1410. The van der Waals surface area contributed by atoms with Gasteiger partial charge in [0.2, 0.25) is 17.8 Å². The summed E-state index contributed by atoms with van der Waals surface area (Å²) in [6, 6.07) is 8.73. The van der Waals surface area contributed by atoms with Crippen molar-refractivity contribution in [2.75, 3.05) is 76.1 Å². The molecule has 0 atom stereocenters. The number of likely N-dealkylation sites (N-methyl/N-ethyl adjacent to an activating group) is 1. The van der Waals surface area contributed by atoms with Crippen LogP contribution in [0.15, 0.2) is 36.5 Å². The Labute approximate surface area is 224 Å². The van der Waals surface area contributed by atoms with Gasteiger partial charge in [0.15, 0.2) is 5.82 Å². The van der Waals surface area contributed by atoms with E-state index >= 15 is 0 Å². The molecule has 0 saturated carbocycles. The van der Waals surface area contributed by atoms with Crippen LogP contribution in [-0.4, -0.2) is 95.0 Å². The van der Waals surface area contributed by atoms with Gasteiger partial charge in [0.25, 0.3) is 6.43 Å². The second-order valence-electron chi connectivity index (χ2n) is 9.08. The maximum atomic E-state index is 14.2. The minimum atomic E-state index is -2.88. The van der Waals surface area contributed by atoms with E-state index in [1.165, 1.54) is 11.7 Å². The minimum absolute atomic E-state index is 0.00924. The van der Waals surface area contributed by atoms with Gasteiger partial charge >= 0.3 is 0 Å². The third-order valence-electron chi connectivity index (χ3n) is 6.08. The van der Waals surface area contributed by atoms with Gasteiger partial charge in [-0.25, -0.2) is 18.7 Å². The van der Waals surface area contributed by atoms with Crippen molar-refractivity contribution in [3.05, 3.63) is 42.4 Å². The molecule has 0 amide bonds. The van der Waals surface area contributed by atoms with Crippen LogP contribution in [0.5, 0.6) is 5.75 Å². The summed E-state index contributed by atoms with van der Waals surface area (Å²) in [5, 5.41) is 6.40. The number of morpholine rings is 1. The van der Waals surface area contributed by atoms with Crippen LogP contribution in [0.4, 0.5) is 32.2 Å². The van der Waals surface area contributed by atoms with Crippen molar-refractivity contribution in [3.8, 4) is 11.7 Å². The number of rotatable bonds is 10. The Balaban J connectivity index is 1.53. The molecule has 0 aliphatic carbocycles. The number of para-hydroxylation sites is 1. The first-order chi connectivity index (χ1) is 18.9. The zero-order valence-corrected chi connectivity index (χ0v) is 21.9. The van der Waals surface area contributed by atoms with E-state index in [0.29, 0.717) is 54.7 Å². The van der Waals surface area contributed by atoms with Gasteiger partial charge in [-0.05, 0) is 38.4 Å². The van der Waals surface area contributed by atoms with Gasteiger partial charge in [0, 0.05) is 26.2 Å². The number of aromatic nitrogens is 6. The molecule has 0 bridgehead atoms. The van der Waals surface area contributed by atoms with Gasteiger partial charge in [0.1, 0.15) is 17.1 Å². The van der Waals surface area contributed by atoms with Crippen LogP contribution in [0.2, 0.25) is 0 Å². The molecule has 4 heterocycles. The molecule has 14 heteroatoms. The van der Waals surface area contributed by atoms with Crippen molar-refractivity contribution in [1.29, 1.82) is 0 Å². The zero-order valence-electron chi connectivity index (χ0n) is 21.9. The van der Waals surface area contributed by atoms with Crippen molar-refractivity contribution in [2.45, 2.75) is 6.43 Å². The highest BCUT2D eigenvalue weighted by Gasteiger charge is 2.25. The molecule has 1 aliphatic rings. The summed E-state index contributed by atoms with van der Waals surface area (Å²) in [5.41, 5.74) is 1.31. The normalized spacial score (nSPS) is 13.9. The number of methoxy groups -OCH3 is 1. The topological polar surface area (TPSA) is 118 Å². The number of halogens is 2. The van der Waals surface area contributed by atoms with Crippen molar-refractivity contribution in [2.24, 2.45) is 0 Å². The summed E-state index contributed by atoms with van der Waals surface area (Å²) in [4.78, 5) is 26.3. The van der Waals surface area contributed by atoms with Crippen molar-refractivity contribution in [3.63, 3.8) is 0 Å². The maximum Gasteiger partial charge on any atom is 0.296 e. The first-order valence-electron chi connectivity index (χ1n) is 12.5. The van der Waals surface area contributed by atoms with Gasteiger partial charge in [-0.15, -0.1) is 0 Å². The van der Waals surface area contributed by atoms with Crippen LogP contribution >= 0.6 is 0 Å². The number of fused-ring (bicyclic) bond motifs is 1. The fourth-order valence-corrected chi connectivity index (χ4v) is 4.14. The summed E-state index contributed by atoms with van der Waals surface area (Å²) in [6.07, 6.45) is -1.23. The minimum Gasteiger partial charge on any atom is -0.494 e. The smallest absolute Gasteiger partial charge is 0.296 e. The van der Waals surface area contributed by atoms with E-state index in [0.717, 1.165) is 18.9 Å². The monoisotopic (exact) mass is 540 g/mol. The number of hydrogen-bond donors (Lipinski definition) is 2. The first-order valence-corrected chi connectivity index (χ1v) is 12.5. The van der Waals surface area contributed by atoms with E-state index in [2.05, 4.69) is 40.5 Å². The Morgan fingerprint density at radius 1 is 1.05 bits per heavy atom. The molecule has 4 aromatic rings. The molecule has 1 saturated heterocycles. The fraction of sp³-hybridized carbons (Fsp3) is 0.400. The number of anilines is 4. The number of alkyl halides is 2. The molecule has 1 aromatic carbocycles. The largest absolute Gasteiger partial charge is 0.494 e. The number of nitrogens with one attached hydrogen (secondary N) is 2. The third-order valence-corrected chi connectivity index (χ3v) is 6.08. The summed E-state index contributed by atoms with van der Waals surface area (Å²) < 4.78 is 40.5. The summed E-state index contributed by atoms with van der Waals surface area (Å²) in [5.74, 6) is 1.14. The molecular weight excluding hydrogens is 510 g/mol. The molecule has 5 rings (SSSR count). The number of hydrogen-bond acceptors (Lipinski definition) is 11. The lowest BCUT2D eigenvalue weighted by atomic mass is 10.3. The Morgan fingerprint density at radius 2 is 1.85 bits per heavy atom. The molecule has 2 N–H and O–H groups in total. The molecule has 12 nitrogen and oxygen atoms in total. The van der Waals surface area contributed by atoms with Crippen molar-refractivity contribution >= 4 is 34.4 Å². The average molecular weight is 541 g/mol. The van der Waals surface area contributed by atoms with Crippen LogP contribution < -0.4 is 20.3 Å². The predicted molar refractivity (Wildman–Crippen MR) is 144 cm³/mol. The summed E-state index contributed by atoms with van der Waals surface area (Å²) in [6.45, 7) is 3.74. The number of ether oxygens (including phenoxy) is 2. The molecule has 206 valence electrons. The first kappa shape index (κ1) is 26.4. The lowest BCUT2D eigenvalue weighted by Crippen LogP contribution is -2.37. The molecule has 3 aromatic heterocycles. The lowest BCUT2D eigenvalue weighted by molar-refractivity contribution is 0.122. The standard InChI is InChI=1S/C25H30F2N10O2/c1-35(2)10-9-28-19-8-7-16(15-29-19)30-23-32-24(36-11-13-39-14-12-36)34-25(33-23)37-17-5-4-6-18(38-3)20(17)31-22(37)21(26)27/h4-8,15,21H,9-14H2,1-3H3,(H,28,29)(H,30,32,33,34). The van der Waals surface area contributed by atoms with E-state index in [4.69, 9.17) is 9.47 Å². The predicted octanol–water partition coefficient (Wildman–Crippen LogP) is 3.11.